The molecule has 0 atom stereocenters. The molecule has 0 aliphatic carbocycles. The van der Waals surface area contributed by atoms with Crippen molar-refractivity contribution in [3.05, 3.63) is 11.3 Å². The third kappa shape index (κ3) is 1.21. The SMILES string of the molecule is CNc1nn(C(C)C)c2c1COC2. The summed E-state index contributed by atoms with van der Waals surface area (Å²) in [5, 5.41) is 7.57. The first-order valence-electron chi connectivity index (χ1n) is 4.59. The van der Waals surface area contributed by atoms with E-state index in [-0.39, 0.29) is 0 Å². The fourth-order valence-electron chi connectivity index (χ4n) is 1.69. The Kier molecular flexibility index (Phi) is 2.00. The van der Waals surface area contributed by atoms with E-state index in [1.165, 1.54) is 11.3 Å². The van der Waals surface area contributed by atoms with Crippen molar-refractivity contribution >= 4 is 5.82 Å². The standard InChI is InChI=1S/C9H15N3O/c1-6(2)12-8-5-13-4-7(8)9(10-3)11-12/h6H,4-5H2,1-3H3,(H,10,11). The molecule has 1 aromatic heterocycles. The fraction of sp³-hybridized carbons (Fsp3) is 0.667. The van der Waals surface area contributed by atoms with E-state index in [9.17, 15) is 0 Å². The molecule has 0 saturated carbocycles. The van der Waals surface area contributed by atoms with Crippen LogP contribution in [-0.4, -0.2) is 16.8 Å². The number of rotatable bonds is 2. The molecule has 0 unspecified atom stereocenters. The molecule has 0 aromatic carbocycles. The molecular weight excluding hydrogens is 166 g/mol. The Morgan fingerprint density at radius 3 is 2.85 bits per heavy atom. The van der Waals surface area contributed by atoms with Crippen LogP contribution in [-0.2, 0) is 18.0 Å². The smallest absolute Gasteiger partial charge is 0.153 e. The maximum absolute atomic E-state index is 5.39. The number of ether oxygens (including phenoxy) is 1. The molecule has 2 heterocycles. The van der Waals surface area contributed by atoms with Crippen LogP contribution in [0.2, 0.25) is 0 Å². The number of fused-ring (bicyclic) bond motifs is 1. The highest BCUT2D eigenvalue weighted by molar-refractivity contribution is 5.47. The number of hydrogen-bond acceptors (Lipinski definition) is 3. The summed E-state index contributed by atoms with van der Waals surface area (Å²) in [5.41, 5.74) is 2.44. The van der Waals surface area contributed by atoms with E-state index in [1.807, 2.05) is 11.7 Å². The van der Waals surface area contributed by atoms with Gasteiger partial charge in [0.1, 0.15) is 0 Å². The second-order valence-corrected chi connectivity index (χ2v) is 3.55. The summed E-state index contributed by atoms with van der Waals surface area (Å²) < 4.78 is 7.42. The normalized spacial score (nSPS) is 15.1. The monoisotopic (exact) mass is 181 g/mol. The first-order chi connectivity index (χ1) is 6.24. The topological polar surface area (TPSA) is 39.1 Å². The third-order valence-electron chi connectivity index (χ3n) is 2.33. The molecule has 1 aliphatic heterocycles. The predicted octanol–water partition coefficient (Wildman–Crippen LogP) is 1.54. The summed E-state index contributed by atoms with van der Waals surface area (Å²) in [6.07, 6.45) is 0. The molecule has 0 amide bonds. The Bertz CT molecular complexity index is 317. The molecule has 2 rings (SSSR count). The number of nitrogens with one attached hydrogen (secondary N) is 1. The first-order valence-corrected chi connectivity index (χ1v) is 4.59. The van der Waals surface area contributed by atoms with E-state index in [0.29, 0.717) is 19.3 Å². The van der Waals surface area contributed by atoms with Crippen LogP contribution in [0.4, 0.5) is 5.82 Å². The number of anilines is 1. The summed E-state index contributed by atoms with van der Waals surface area (Å²) >= 11 is 0. The van der Waals surface area contributed by atoms with Gasteiger partial charge in [-0.3, -0.25) is 4.68 Å². The van der Waals surface area contributed by atoms with Crippen molar-refractivity contribution in [1.29, 1.82) is 0 Å². The molecule has 0 fully saturated rings. The van der Waals surface area contributed by atoms with E-state index in [1.54, 1.807) is 0 Å². The zero-order valence-corrected chi connectivity index (χ0v) is 8.29. The van der Waals surface area contributed by atoms with Gasteiger partial charge in [-0.05, 0) is 13.8 Å². The van der Waals surface area contributed by atoms with Crippen LogP contribution in [0.15, 0.2) is 0 Å². The van der Waals surface area contributed by atoms with Crippen LogP contribution >= 0.6 is 0 Å². The molecule has 13 heavy (non-hydrogen) atoms. The van der Waals surface area contributed by atoms with Crippen LogP contribution in [0.1, 0.15) is 31.1 Å². The predicted molar refractivity (Wildman–Crippen MR) is 50.7 cm³/mol. The second-order valence-electron chi connectivity index (χ2n) is 3.55. The van der Waals surface area contributed by atoms with Gasteiger partial charge in [-0.2, -0.15) is 5.10 Å². The van der Waals surface area contributed by atoms with E-state index in [0.717, 1.165) is 5.82 Å². The number of nitrogens with zero attached hydrogens (tertiary/aromatic N) is 2. The summed E-state index contributed by atoms with van der Waals surface area (Å²) in [5.74, 6) is 0.959. The van der Waals surface area contributed by atoms with Gasteiger partial charge >= 0.3 is 0 Å². The van der Waals surface area contributed by atoms with Crippen molar-refractivity contribution in [2.75, 3.05) is 12.4 Å². The minimum atomic E-state index is 0.401. The highest BCUT2D eigenvalue weighted by atomic mass is 16.5. The molecule has 0 spiro atoms. The molecule has 0 saturated heterocycles. The largest absolute Gasteiger partial charge is 0.371 e. The zero-order valence-electron chi connectivity index (χ0n) is 8.29. The highest BCUT2D eigenvalue weighted by Gasteiger charge is 2.23. The molecule has 72 valence electrons. The van der Waals surface area contributed by atoms with Crippen LogP contribution in [0.5, 0.6) is 0 Å². The van der Waals surface area contributed by atoms with Crippen molar-refractivity contribution in [3.8, 4) is 0 Å². The quantitative estimate of drug-likeness (QED) is 0.752. The molecule has 4 heteroatoms. The van der Waals surface area contributed by atoms with Gasteiger partial charge in [0.05, 0.1) is 18.9 Å². The van der Waals surface area contributed by atoms with E-state index in [2.05, 4.69) is 24.3 Å². The minimum Gasteiger partial charge on any atom is -0.371 e. The highest BCUT2D eigenvalue weighted by Crippen LogP contribution is 2.28. The van der Waals surface area contributed by atoms with Gasteiger partial charge in [0.15, 0.2) is 5.82 Å². The third-order valence-corrected chi connectivity index (χ3v) is 2.33. The van der Waals surface area contributed by atoms with Crippen LogP contribution in [0, 0.1) is 0 Å². The van der Waals surface area contributed by atoms with Crippen LogP contribution in [0.25, 0.3) is 0 Å². The molecule has 1 aliphatic rings. The Hall–Kier alpha value is -1.03. The maximum atomic E-state index is 5.39. The Balaban J connectivity index is 2.48. The summed E-state index contributed by atoms with van der Waals surface area (Å²) in [7, 11) is 1.89. The van der Waals surface area contributed by atoms with Crippen LogP contribution < -0.4 is 5.32 Å². The van der Waals surface area contributed by atoms with Gasteiger partial charge in [0.25, 0.3) is 0 Å². The van der Waals surface area contributed by atoms with Gasteiger partial charge < -0.3 is 10.1 Å². The van der Waals surface area contributed by atoms with Gasteiger partial charge in [0, 0.05) is 18.7 Å². The molecule has 1 aromatic rings. The summed E-state index contributed by atoms with van der Waals surface area (Å²) in [4.78, 5) is 0. The first kappa shape index (κ1) is 8.56. The maximum Gasteiger partial charge on any atom is 0.153 e. The number of aromatic nitrogens is 2. The lowest BCUT2D eigenvalue weighted by molar-refractivity contribution is 0.129. The van der Waals surface area contributed by atoms with Crippen LogP contribution in [0.3, 0.4) is 0 Å². The Labute approximate surface area is 77.9 Å². The van der Waals surface area contributed by atoms with Crippen molar-refractivity contribution in [1.82, 2.24) is 9.78 Å². The average Bonchev–Trinajstić information content (AvgIpc) is 2.61. The van der Waals surface area contributed by atoms with Crippen molar-refractivity contribution in [2.24, 2.45) is 0 Å². The zero-order chi connectivity index (χ0) is 9.42. The molecule has 1 N–H and O–H groups in total. The van der Waals surface area contributed by atoms with E-state index >= 15 is 0 Å². The van der Waals surface area contributed by atoms with Gasteiger partial charge in [0.2, 0.25) is 0 Å². The lowest BCUT2D eigenvalue weighted by Crippen LogP contribution is -2.07. The minimum absolute atomic E-state index is 0.401. The molecule has 0 radical (unpaired) electrons. The van der Waals surface area contributed by atoms with Gasteiger partial charge in [-0.1, -0.05) is 0 Å². The van der Waals surface area contributed by atoms with Crippen molar-refractivity contribution < 1.29 is 4.74 Å². The van der Waals surface area contributed by atoms with Gasteiger partial charge in [-0.15, -0.1) is 0 Å². The Morgan fingerprint density at radius 2 is 2.23 bits per heavy atom. The second kappa shape index (κ2) is 3.03. The van der Waals surface area contributed by atoms with Gasteiger partial charge in [-0.25, -0.2) is 0 Å². The molecular formula is C9H15N3O. The number of hydrogen-bond donors (Lipinski definition) is 1. The fourth-order valence-corrected chi connectivity index (χ4v) is 1.69. The summed E-state index contributed by atoms with van der Waals surface area (Å²) in [6.45, 7) is 5.65. The van der Waals surface area contributed by atoms with Crippen molar-refractivity contribution in [3.63, 3.8) is 0 Å². The average molecular weight is 181 g/mol. The Morgan fingerprint density at radius 1 is 1.46 bits per heavy atom. The lowest BCUT2D eigenvalue weighted by atomic mass is 10.2. The lowest BCUT2D eigenvalue weighted by Gasteiger charge is -2.07. The van der Waals surface area contributed by atoms with Crippen molar-refractivity contribution in [2.45, 2.75) is 33.1 Å². The molecule has 0 bridgehead atoms. The van der Waals surface area contributed by atoms with E-state index in [4.69, 9.17) is 4.74 Å². The van der Waals surface area contributed by atoms with E-state index < -0.39 is 0 Å². The molecule has 4 nitrogen and oxygen atoms in total. The summed E-state index contributed by atoms with van der Waals surface area (Å²) in [6, 6.07) is 0.401.